The number of halogens is 1. The minimum absolute atomic E-state index is 0.102. The summed E-state index contributed by atoms with van der Waals surface area (Å²) >= 11 is 11.3. The monoisotopic (exact) mass is 342 g/mol. The van der Waals surface area contributed by atoms with Crippen molar-refractivity contribution in [2.75, 3.05) is 13.1 Å². The van der Waals surface area contributed by atoms with E-state index < -0.39 is 0 Å². The van der Waals surface area contributed by atoms with Crippen LogP contribution in [0.5, 0.6) is 0 Å². The number of hydrogen-bond acceptors (Lipinski definition) is 5. The van der Waals surface area contributed by atoms with Crippen molar-refractivity contribution in [3.8, 4) is 0 Å². The zero-order valence-electron chi connectivity index (χ0n) is 12.4. The molecular formula is C13H19ClN6OS. The molecule has 1 N–H and O–H groups in total. The van der Waals surface area contributed by atoms with Crippen molar-refractivity contribution < 1.29 is 5.11 Å². The van der Waals surface area contributed by atoms with Gasteiger partial charge in [0.1, 0.15) is 6.61 Å². The summed E-state index contributed by atoms with van der Waals surface area (Å²) in [6.07, 6.45) is 5.60. The molecule has 0 saturated carbocycles. The smallest absolute Gasteiger partial charge is 0.198 e. The van der Waals surface area contributed by atoms with E-state index >= 15 is 0 Å². The molecule has 0 aromatic carbocycles. The first-order chi connectivity index (χ1) is 10.6. The number of hydrogen-bond donors (Lipinski definition) is 1. The van der Waals surface area contributed by atoms with E-state index in [1.165, 1.54) is 0 Å². The average Bonchev–Trinajstić information content (AvgIpc) is 3.07. The van der Waals surface area contributed by atoms with Gasteiger partial charge in [-0.25, -0.2) is 4.68 Å². The van der Waals surface area contributed by atoms with Gasteiger partial charge in [-0.3, -0.25) is 9.58 Å². The number of aliphatic hydroxyl groups is 1. The second kappa shape index (κ2) is 6.49. The maximum absolute atomic E-state index is 9.25. The molecule has 1 aliphatic heterocycles. The second-order valence-corrected chi connectivity index (χ2v) is 6.35. The van der Waals surface area contributed by atoms with Gasteiger partial charge in [0.15, 0.2) is 10.6 Å². The van der Waals surface area contributed by atoms with Crippen LogP contribution in [0.2, 0.25) is 5.02 Å². The summed E-state index contributed by atoms with van der Waals surface area (Å²) < 4.78 is 6.10. The van der Waals surface area contributed by atoms with Crippen molar-refractivity contribution in [1.82, 2.24) is 29.0 Å². The Morgan fingerprint density at radius 2 is 2.14 bits per heavy atom. The van der Waals surface area contributed by atoms with Gasteiger partial charge in [-0.15, -0.1) is 0 Å². The molecule has 9 heteroatoms. The molecule has 1 fully saturated rings. The van der Waals surface area contributed by atoms with E-state index in [9.17, 15) is 5.11 Å². The number of piperidine rings is 1. The van der Waals surface area contributed by atoms with Crippen molar-refractivity contribution in [3.05, 3.63) is 28.0 Å². The second-order valence-electron chi connectivity index (χ2n) is 5.54. The van der Waals surface area contributed by atoms with Crippen LogP contribution in [-0.4, -0.2) is 47.2 Å². The van der Waals surface area contributed by atoms with Crippen LogP contribution in [0.1, 0.15) is 24.7 Å². The first-order valence-electron chi connectivity index (χ1n) is 7.24. The lowest BCUT2D eigenvalue weighted by molar-refractivity contribution is 0.137. The van der Waals surface area contributed by atoms with Crippen LogP contribution < -0.4 is 0 Å². The Kier molecular flexibility index (Phi) is 4.62. The molecule has 0 unspecified atom stereocenters. The molecule has 0 bridgehead atoms. The number of aliphatic hydroxyl groups excluding tert-OH is 1. The Balaban J connectivity index is 1.61. The first-order valence-corrected chi connectivity index (χ1v) is 8.02. The topological polar surface area (TPSA) is 64.0 Å². The molecule has 0 radical (unpaired) electrons. The van der Waals surface area contributed by atoms with E-state index in [0.29, 0.717) is 28.3 Å². The molecule has 3 heterocycles. The van der Waals surface area contributed by atoms with Gasteiger partial charge >= 0.3 is 0 Å². The number of rotatable bonds is 4. The molecule has 2 aromatic heterocycles. The third-order valence-electron chi connectivity index (χ3n) is 4.11. The van der Waals surface area contributed by atoms with Crippen LogP contribution >= 0.6 is 23.8 Å². The fraction of sp³-hybridized carbons (Fsp3) is 0.615. The third kappa shape index (κ3) is 3.10. The Morgan fingerprint density at radius 3 is 2.68 bits per heavy atom. The van der Waals surface area contributed by atoms with Crippen LogP contribution in [-0.2, 0) is 20.3 Å². The summed E-state index contributed by atoms with van der Waals surface area (Å²) in [7, 11) is 1.82. The molecule has 120 valence electrons. The van der Waals surface area contributed by atoms with E-state index in [4.69, 9.17) is 23.8 Å². The summed E-state index contributed by atoms with van der Waals surface area (Å²) in [5.74, 6) is 0.589. The van der Waals surface area contributed by atoms with Crippen molar-refractivity contribution >= 4 is 23.8 Å². The number of nitrogens with zero attached hydrogens (tertiary/aromatic N) is 6. The van der Waals surface area contributed by atoms with E-state index in [0.717, 1.165) is 25.9 Å². The standard InChI is InChI=1S/C13H19ClN6OS/c1-17-12(8-21)16-20(13(17)22)9-18-4-2-11(3-5-18)19-7-10(14)6-15-19/h6-7,11,21H,2-5,8-9H2,1H3. The van der Waals surface area contributed by atoms with Gasteiger partial charge in [0.05, 0.1) is 23.9 Å². The van der Waals surface area contributed by atoms with E-state index in [2.05, 4.69) is 15.1 Å². The molecule has 1 saturated heterocycles. The Morgan fingerprint density at radius 1 is 1.41 bits per heavy atom. The van der Waals surface area contributed by atoms with Crippen LogP contribution in [0.4, 0.5) is 0 Å². The highest BCUT2D eigenvalue weighted by molar-refractivity contribution is 7.71. The first kappa shape index (κ1) is 15.7. The lowest BCUT2D eigenvalue weighted by Gasteiger charge is -2.31. The number of aromatic nitrogens is 5. The molecule has 7 nitrogen and oxygen atoms in total. The molecular weight excluding hydrogens is 324 g/mol. The van der Waals surface area contributed by atoms with Crippen molar-refractivity contribution in [2.45, 2.75) is 32.2 Å². The van der Waals surface area contributed by atoms with Crippen LogP contribution in [0.25, 0.3) is 0 Å². The molecule has 0 amide bonds. The van der Waals surface area contributed by atoms with Crippen LogP contribution in [0.15, 0.2) is 12.4 Å². The summed E-state index contributed by atoms with van der Waals surface area (Å²) in [5, 5.41) is 18.6. The Hall–Kier alpha value is -1.22. The normalized spacial score (nSPS) is 17.2. The Bertz CT molecular complexity index is 700. The highest BCUT2D eigenvalue weighted by atomic mass is 35.5. The van der Waals surface area contributed by atoms with Gasteiger partial charge in [0, 0.05) is 26.3 Å². The van der Waals surface area contributed by atoms with Gasteiger partial charge < -0.3 is 9.67 Å². The van der Waals surface area contributed by atoms with E-state index in [-0.39, 0.29) is 6.61 Å². The molecule has 1 aliphatic rings. The van der Waals surface area contributed by atoms with Gasteiger partial charge in [-0.05, 0) is 25.1 Å². The largest absolute Gasteiger partial charge is 0.388 e. The zero-order chi connectivity index (χ0) is 15.7. The third-order valence-corrected chi connectivity index (χ3v) is 4.79. The maximum atomic E-state index is 9.25. The zero-order valence-corrected chi connectivity index (χ0v) is 14.0. The molecule has 3 rings (SSSR count). The average molecular weight is 343 g/mol. The SMILES string of the molecule is Cn1c(CO)nn(CN2CCC(n3cc(Cl)cn3)CC2)c1=S. The summed E-state index contributed by atoms with van der Waals surface area (Å²) in [5.41, 5.74) is 0. The fourth-order valence-corrected chi connectivity index (χ4v) is 3.14. The fourth-order valence-electron chi connectivity index (χ4n) is 2.79. The molecule has 0 aliphatic carbocycles. The predicted octanol–water partition coefficient (Wildman–Crippen LogP) is 1.59. The molecule has 0 atom stereocenters. The molecule has 22 heavy (non-hydrogen) atoms. The lowest BCUT2D eigenvalue weighted by atomic mass is 10.1. The lowest BCUT2D eigenvalue weighted by Crippen LogP contribution is -2.36. The Labute approximate surface area is 138 Å². The van der Waals surface area contributed by atoms with Crippen LogP contribution in [0.3, 0.4) is 0 Å². The van der Waals surface area contributed by atoms with Crippen LogP contribution in [0, 0.1) is 4.77 Å². The summed E-state index contributed by atoms with van der Waals surface area (Å²) in [4.78, 5) is 2.31. The van der Waals surface area contributed by atoms with Crippen molar-refractivity contribution in [3.63, 3.8) is 0 Å². The highest BCUT2D eigenvalue weighted by Gasteiger charge is 2.22. The van der Waals surface area contributed by atoms with Crippen molar-refractivity contribution in [2.24, 2.45) is 7.05 Å². The maximum Gasteiger partial charge on any atom is 0.198 e. The van der Waals surface area contributed by atoms with Gasteiger partial charge in [-0.1, -0.05) is 11.6 Å². The number of likely N-dealkylation sites (tertiary alicyclic amines) is 1. The van der Waals surface area contributed by atoms with Gasteiger partial charge in [0.25, 0.3) is 0 Å². The predicted molar refractivity (Wildman–Crippen MR) is 85.0 cm³/mol. The molecule has 2 aromatic rings. The van der Waals surface area contributed by atoms with Gasteiger partial charge in [0.2, 0.25) is 0 Å². The van der Waals surface area contributed by atoms with Gasteiger partial charge in [-0.2, -0.15) is 10.2 Å². The van der Waals surface area contributed by atoms with Crippen molar-refractivity contribution in [1.29, 1.82) is 0 Å². The quantitative estimate of drug-likeness (QED) is 0.855. The van der Waals surface area contributed by atoms with E-state index in [1.54, 1.807) is 15.4 Å². The van der Waals surface area contributed by atoms with E-state index in [1.807, 2.05) is 17.9 Å². The summed E-state index contributed by atoms with van der Waals surface area (Å²) in [6.45, 7) is 2.46. The minimum atomic E-state index is -0.102. The summed E-state index contributed by atoms with van der Waals surface area (Å²) in [6, 6.07) is 0.397. The molecule has 0 spiro atoms. The minimum Gasteiger partial charge on any atom is -0.388 e. The highest BCUT2D eigenvalue weighted by Crippen LogP contribution is 2.23.